The molecule has 4 aromatic carbocycles. The zero-order chi connectivity index (χ0) is 20.9. The fraction of sp³-hybridized carbons (Fsp3) is 0. The summed E-state index contributed by atoms with van der Waals surface area (Å²) in [5.74, 6) is 0. The fourth-order valence-corrected chi connectivity index (χ4v) is 3.58. The molecule has 30 heavy (non-hydrogen) atoms. The van der Waals surface area contributed by atoms with Gasteiger partial charge >= 0.3 is 0 Å². The molecule has 0 saturated carbocycles. The van der Waals surface area contributed by atoms with Gasteiger partial charge in [0.15, 0.2) is 0 Å². The Balaban J connectivity index is 1.63. The largest absolute Gasteiger partial charge is 0.396 e. The Hall–Kier alpha value is -3.27. The van der Waals surface area contributed by atoms with Crippen molar-refractivity contribution in [1.82, 2.24) is 0 Å². The van der Waals surface area contributed by atoms with Gasteiger partial charge in [0.2, 0.25) is 0 Å². The van der Waals surface area contributed by atoms with Crippen molar-refractivity contribution in [2.75, 3.05) is 10.6 Å². The molecule has 148 valence electrons. The Morgan fingerprint density at radius 2 is 1.13 bits per heavy atom. The average Bonchev–Trinajstić information content (AvgIpc) is 2.78. The highest BCUT2D eigenvalue weighted by Gasteiger charge is 2.11. The lowest BCUT2D eigenvalue weighted by Gasteiger charge is -2.25. The van der Waals surface area contributed by atoms with Crippen LogP contribution in [0.5, 0.6) is 0 Å². The molecule has 0 unspecified atom stereocenters. The number of para-hydroxylation sites is 2. The number of aliphatic imine (C=N–C) groups is 1. The van der Waals surface area contributed by atoms with E-state index in [1.54, 1.807) is 18.3 Å². The van der Waals surface area contributed by atoms with Crippen molar-refractivity contribution in [3.8, 4) is 0 Å². The van der Waals surface area contributed by atoms with E-state index in [1.165, 1.54) is 0 Å². The van der Waals surface area contributed by atoms with Crippen molar-refractivity contribution in [2.45, 2.75) is 0 Å². The molecule has 0 amide bonds. The van der Waals surface area contributed by atoms with E-state index in [2.05, 4.69) is 46.3 Å². The van der Waals surface area contributed by atoms with Crippen LogP contribution < -0.4 is 10.6 Å². The van der Waals surface area contributed by atoms with E-state index in [4.69, 9.17) is 28.9 Å². The number of anilines is 4. The summed E-state index contributed by atoms with van der Waals surface area (Å²) < 4.78 is 0. The molecule has 0 radical (unpaired) electrons. The number of nitrogen functional groups attached to an aromatic ring is 1. The minimum atomic E-state index is 0.364. The van der Waals surface area contributed by atoms with Gasteiger partial charge in [0.25, 0.3) is 0 Å². The quantitative estimate of drug-likeness (QED) is 0.258. The monoisotopic (exact) mass is 431 g/mol. The SMILES string of the molecule is Nc1c(Cl)cc(N=Cc2ccc(N(c3ccccc3)c3ccccc3)cc2)cc1Cl. The highest BCUT2D eigenvalue weighted by atomic mass is 35.5. The minimum Gasteiger partial charge on any atom is -0.396 e. The van der Waals surface area contributed by atoms with Gasteiger partial charge in [0.05, 0.1) is 21.4 Å². The molecular weight excluding hydrogens is 413 g/mol. The van der Waals surface area contributed by atoms with Gasteiger partial charge in [0.1, 0.15) is 0 Å². The maximum absolute atomic E-state index is 6.08. The zero-order valence-electron chi connectivity index (χ0n) is 16.0. The van der Waals surface area contributed by atoms with E-state index in [-0.39, 0.29) is 0 Å². The van der Waals surface area contributed by atoms with Gasteiger partial charge in [-0.1, -0.05) is 71.7 Å². The molecule has 0 aromatic heterocycles. The Kier molecular flexibility index (Phi) is 6.03. The molecule has 0 aliphatic heterocycles. The fourth-order valence-electron chi connectivity index (χ4n) is 3.11. The lowest BCUT2D eigenvalue weighted by atomic mass is 10.1. The minimum absolute atomic E-state index is 0.364. The number of rotatable bonds is 5. The third-order valence-corrected chi connectivity index (χ3v) is 5.23. The molecule has 0 aliphatic rings. The Labute approximate surface area is 186 Å². The van der Waals surface area contributed by atoms with Gasteiger partial charge in [-0.25, -0.2) is 0 Å². The van der Waals surface area contributed by atoms with Crippen LogP contribution in [0.15, 0.2) is 102 Å². The number of halogens is 2. The maximum Gasteiger partial charge on any atom is 0.0694 e. The summed E-state index contributed by atoms with van der Waals surface area (Å²) in [5, 5.41) is 0.790. The molecule has 0 fully saturated rings. The Morgan fingerprint density at radius 3 is 1.63 bits per heavy atom. The predicted octanol–water partition coefficient (Wildman–Crippen LogP) is 7.80. The normalized spacial score (nSPS) is 11.0. The highest BCUT2D eigenvalue weighted by molar-refractivity contribution is 6.39. The lowest BCUT2D eigenvalue weighted by Crippen LogP contribution is -2.09. The van der Waals surface area contributed by atoms with Crippen LogP contribution in [0.4, 0.5) is 28.4 Å². The van der Waals surface area contributed by atoms with E-state index >= 15 is 0 Å². The van der Waals surface area contributed by atoms with Crippen LogP contribution in [-0.4, -0.2) is 6.21 Å². The second-order valence-electron chi connectivity index (χ2n) is 6.68. The van der Waals surface area contributed by atoms with Gasteiger partial charge < -0.3 is 10.6 Å². The first-order valence-electron chi connectivity index (χ1n) is 9.41. The molecule has 0 saturated heterocycles. The molecule has 0 bridgehead atoms. The van der Waals surface area contributed by atoms with Crippen molar-refractivity contribution in [3.63, 3.8) is 0 Å². The first kappa shape index (κ1) is 20.0. The number of benzene rings is 4. The molecule has 0 heterocycles. The van der Waals surface area contributed by atoms with Crippen LogP contribution in [0.25, 0.3) is 0 Å². The topological polar surface area (TPSA) is 41.6 Å². The van der Waals surface area contributed by atoms with E-state index in [0.717, 1.165) is 22.6 Å². The van der Waals surface area contributed by atoms with E-state index in [9.17, 15) is 0 Å². The van der Waals surface area contributed by atoms with Crippen LogP contribution in [0.1, 0.15) is 5.56 Å². The molecule has 0 spiro atoms. The Bertz CT molecular complexity index is 1100. The van der Waals surface area contributed by atoms with Gasteiger partial charge in [-0.3, -0.25) is 4.99 Å². The van der Waals surface area contributed by atoms with Crippen LogP contribution in [0, 0.1) is 0 Å². The average molecular weight is 432 g/mol. The standard InChI is InChI=1S/C25H19Cl2N3/c26-23-15-19(16-24(27)25(23)28)29-17-18-11-13-22(14-12-18)30(20-7-3-1-4-8-20)21-9-5-2-6-10-21/h1-17H,28H2. The summed E-state index contributed by atoms with van der Waals surface area (Å²) in [7, 11) is 0. The summed E-state index contributed by atoms with van der Waals surface area (Å²) in [6, 6.07) is 32.1. The van der Waals surface area contributed by atoms with Crippen molar-refractivity contribution >= 4 is 57.9 Å². The highest BCUT2D eigenvalue weighted by Crippen LogP contribution is 2.34. The summed E-state index contributed by atoms with van der Waals surface area (Å²) in [5.41, 5.74) is 11.0. The van der Waals surface area contributed by atoms with Crippen LogP contribution in [0.3, 0.4) is 0 Å². The molecular formula is C25H19Cl2N3. The summed E-state index contributed by atoms with van der Waals surface area (Å²) in [6.07, 6.45) is 1.78. The third kappa shape index (κ3) is 4.48. The summed E-state index contributed by atoms with van der Waals surface area (Å²) in [6.45, 7) is 0. The summed E-state index contributed by atoms with van der Waals surface area (Å²) >= 11 is 12.2. The lowest BCUT2D eigenvalue weighted by molar-refractivity contribution is 1.28. The molecule has 2 N–H and O–H groups in total. The zero-order valence-corrected chi connectivity index (χ0v) is 17.6. The third-order valence-electron chi connectivity index (χ3n) is 4.61. The second-order valence-corrected chi connectivity index (χ2v) is 7.49. The van der Waals surface area contributed by atoms with E-state index < -0.39 is 0 Å². The van der Waals surface area contributed by atoms with Crippen molar-refractivity contribution in [3.05, 3.63) is 113 Å². The summed E-state index contributed by atoms with van der Waals surface area (Å²) in [4.78, 5) is 6.68. The first-order valence-corrected chi connectivity index (χ1v) is 10.2. The van der Waals surface area contributed by atoms with Crippen LogP contribution in [-0.2, 0) is 0 Å². The Morgan fingerprint density at radius 1 is 0.667 bits per heavy atom. The van der Waals surface area contributed by atoms with Crippen LogP contribution in [0.2, 0.25) is 10.0 Å². The van der Waals surface area contributed by atoms with E-state index in [0.29, 0.717) is 21.4 Å². The van der Waals surface area contributed by atoms with Gasteiger partial charge in [-0.05, 0) is 54.1 Å². The second kappa shape index (κ2) is 9.04. The van der Waals surface area contributed by atoms with Gasteiger partial charge in [0, 0.05) is 23.3 Å². The van der Waals surface area contributed by atoms with Crippen molar-refractivity contribution in [2.24, 2.45) is 4.99 Å². The first-order chi connectivity index (χ1) is 14.6. The van der Waals surface area contributed by atoms with Crippen molar-refractivity contribution in [1.29, 1.82) is 0 Å². The number of hydrogen-bond acceptors (Lipinski definition) is 3. The molecule has 0 atom stereocenters. The van der Waals surface area contributed by atoms with Crippen molar-refractivity contribution < 1.29 is 0 Å². The molecule has 4 rings (SSSR count). The van der Waals surface area contributed by atoms with Gasteiger partial charge in [-0.2, -0.15) is 0 Å². The molecule has 4 aromatic rings. The molecule has 3 nitrogen and oxygen atoms in total. The number of nitrogens with two attached hydrogens (primary N) is 1. The smallest absolute Gasteiger partial charge is 0.0694 e. The number of hydrogen-bond donors (Lipinski definition) is 1. The maximum atomic E-state index is 6.08. The van der Waals surface area contributed by atoms with E-state index in [1.807, 2.05) is 48.5 Å². The van der Waals surface area contributed by atoms with Crippen LogP contribution >= 0.6 is 23.2 Å². The number of nitrogens with zero attached hydrogens (tertiary/aromatic N) is 2. The molecule has 0 aliphatic carbocycles. The molecule has 5 heteroatoms. The predicted molar refractivity (Wildman–Crippen MR) is 129 cm³/mol. The van der Waals surface area contributed by atoms with Gasteiger partial charge in [-0.15, -0.1) is 0 Å².